The van der Waals surface area contributed by atoms with Gasteiger partial charge in [-0.1, -0.05) is 50.7 Å². The fourth-order valence-electron chi connectivity index (χ4n) is 4.03. The third-order valence-corrected chi connectivity index (χ3v) is 5.90. The van der Waals surface area contributed by atoms with Crippen LogP contribution in [-0.4, -0.2) is 83.9 Å². The molecule has 1 aliphatic heterocycles. The summed E-state index contributed by atoms with van der Waals surface area (Å²) in [4.78, 5) is 0. The minimum atomic E-state index is -0.546. The van der Waals surface area contributed by atoms with E-state index in [0.29, 0.717) is 12.4 Å². The van der Waals surface area contributed by atoms with Crippen LogP contribution >= 0.6 is 0 Å². The minimum absolute atomic E-state index is 0.0413. The molecule has 1 saturated carbocycles. The van der Waals surface area contributed by atoms with E-state index < -0.39 is 12.8 Å². The molecule has 1 unspecified atom stereocenters. The van der Waals surface area contributed by atoms with Crippen LogP contribution < -0.4 is 5.32 Å². The van der Waals surface area contributed by atoms with Crippen LogP contribution in [0, 0.1) is 5.92 Å². The molecule has 11 heteroatoms. The highest BCUT2D eigenvalue weighted by atomic mass is 14.8. The van der Waals surface area contributed by atoms with E-state index >= 15 is 0 Å². The van der Waals surface area contributed by atoms with Gasteiger partial charge in [0.25, 0.3) is 0 Å². The number of hydrogen-bond acceptors (Lipinski definition) is 1. The summed E-state index contributed by atoms with van der Waals surface area (Å²) in [7, 11) is 29.4. The van der Waals surface area contributed by atoms with E-state index in [9.17, 15) is 0 Å². The Hall–Kier alpha value is 0.609. The van der Waals surface area contributed by atoms with Gasteiger partial charge in [-0.2, -0.15) is 0 Å². The third kappa shape index (κ3) is 7.46. The summed E-state index contributed by atoms with van der Waals surface area (Å²) in [5, 5.41) is 3.57. The third-order valence-electron chi connectivity index (χ3n) is 5.90. The summed E-state index contributed by atoms with van der Waals surface area (Å²) >= 11 is 0. The minimum Gasteiger partial charge on any atom is -0.317 e. The van der Waals surface area contributed by atoms with Gasteiger partial charge in [-0.25, -0.2) is 0 Å². The number of nitrogens with one attached hydrogen (secondary N) is 1. The Labute approximate surface area is 158 Å². The van der Waals surface area contributed by atoms with Crippen molar-refractivity contribution < 1.29 is 0 Å². The molecule has 2 fully saturated rings. The summed E-state index contributed by atoms with van der Waals surface area (Å²) in [5.41, 5.74) is 0. The maximum Gasteiger partial charge on any atom is 0.0927 e. The second-order valence-corrected chi connectivity index (χ2v) is 8.15. The molecule has 112 valence electrons. The molecule has 0 aromatic rings. The maximum absolute atomic E-state index is 6.10. The van der Waals surface area contributed by atoms with Crippen LogP contribution in [0.3, 0.4) is 0 Å². The van der Waals surface area contributed by atoms with Crippen molar-refractivity contribution >= 4 is 70.8 Å². The van der Waals surface area contributed by atoms with Crippen LogP contribution in [-0.2, 0) is 0 Å². The van der Waals surface area contributed by atoms with Gasteiger partial charge in [0.2, 0.25) is 0 Å². The largest absolute Gasteiger partial charge is 0.317 e. The topological polar surface area (TPSA) is 12.0 Å². The van der Waals surface area contributed by atoms with Crippen LogP contribution in [0.2, 0.25) is 12.1 Å². The van der Waals surface area contributed by atoms with Crippen LogP contribution in [0.25, 0.3) is 0 Å². The first-order chi connectivity index (χ1) is 11.5. The molecule has 1 heterocycles. The van der Waals surface area contributed by atoms with Gasteiger partial charge in [-0.3, -0.25) is 0 Å². The summed E-state index contributed by atoms with van der Waals surface area (Å²) in [6.07, 6.45) is 10.8. The monoisotopic (exact) mass is 305 g/mol. The second-order valence-electron chi connectivity index (χ2n) is 8.15. The van der Waals surface area contributed by atoms with Crippen LogP contribution in [0.1, 0.15) is 51.4 Å². The second kappa shape index (κ2) is 10.7. The Morgan fingerprint density at radius 1 is 0.833 bits per heavy atom. The first-order valence-electron chi connectivity index (χ1n) is 9.99. The van der Waals surface area contributed by atoms with Gasteiger partial charge in [0, 0.05) is 64.2 Å². The van der Waals surface area contributed by atoms with E-state index in [1.54, 1.807) is 0 Å². The van der Waals surface area contributed by atoms with Crippen LogP contribution in [0.4, 0.5) is 0 Å². The lowest BCUT2D eigenvalue weighted by molar-refractivity contribution is 0.558. The molecule has 0 spiro atoms. The normalized spacial score (nSPS) is 19.2. The van der Waals surface area contributed by atoms with Crippen molar-refractivity contribution in [2.24, 2.45) is 5.92 Å². The highest BCUT2D eigenvalue weighted by Gasteiger charge is 2.49. The molecule has 2 rings (SSSR count). The van der Waals surface area contributed by atoms with Crippen LogP contribution in [0.5, 0.6) is 0 Å². The first kappa shape index (κ1) is 20.9. The van der Waals surface area contributed by atoms with Crippen molar-refractivity contribution in [1.82, 2.24) is 5.32 Å². The molecular weight excluding hydrogens is 278 g/mol. The summed E-state index contributed by atoms with van der Waals surface area (Å²) < 4.78 is 0. The Morgan fingerprint density at radius 3 is 2.00 bits per heavy atom. The Morgan fingerprint density at radius 2 is 1.46 bits per heavy atom. The van der Waals surface area contributed by atoms with E-state index in [4.69, 9.17) is 38.7 Å². The van der Waals surface area contributed by atoms with E-state index in [0.717, 1.165) is 12.5 Å². The van der Waals surface area contributed by atoms with E-state index in [1.165, 1.54) is 64.2 Å². The molecule has 1 aliphatic carbocycles. The predicted molar refractivity (Wildman–Crippen MR) is 119 cm³/mol. The average Bonchev–Trinajstić information content (AvgIpc) is 3.42. The fraction of sp³-hybridized carbons (Fsp3) is 1.00. The molecule has 1 saturated heterocycles. The van der Waals surface area contributed by atoms with Gasteiger partial charge in [0.05, 0.1) is 6.60 Å². The lowest BCUT2D eigenvalue weighted by atomic mass is 8.57. The molecule has 1 N–H and O–H groups in total. The number of rotatable bonds is 14. The fourth-order valence-corrected chi connectivity index (χ4v) is 4.03. The van der Waals surface area contributed by atoms with Crippen molar-refractivity contribution in [2.45, 2.75) is 63.5 Å². The summed E-state index contributed by atoms with van der Waals surface area (Å²) in [5.74, 6) is 1.77. The van der Waals surface area contributed by atoms with Gasteiger partial charge >= 0.3 is 0 Å². The average molecular weight is 303 g/mol. The molecule has 2 aliphatic rings. The van der Waals surface area contributed by atoms with Crippen molar-refractivity contribution in [3.05, 3.63) is 0 Å². The zero-order valence-corrected chi connectivity index (χ0v) is 15.2. The summed E-state index contributed by atoms with van der Waals surface area (Å²) in [6, 6.07) is 0. The molecule has 10 radical (unpaired) electrons. The van der Waals surface area contributed by atoms with E-state index in [-0.39, 0.29) is 12.8 Å². The maximum atomic E-state index is 6.10. The van der Waals surface area contributed by atoms with Gasteiger partial charge in [0.15, 0.2) is 0 Å². The van der Waals surface area contributed by atoms with E-state index in [2.05, 4.69) is 5.32 Å². The zero-order valence-electron chi connectivity index (χ0n) is 15.2. The molecular formula is C13H25B10N. The lowest BCUT2D eigenvalue weighted by Crippen LogP contribution is -2.63. The molecule has 0 bridgehead atoms. The predicted octanol–water partition coefficient (Wildman–Crippen LogP) is -0.176. The Balaban J connectivity index is 1.46. The quantitative estimate of drug-likeness (QED) is 0.347. The molecule has 1 atom stereocenters. The molecule has 0 aromatic carbocycles. The zero-order chi connectivity index (χ0) is 17.5. The van der Waals surface area contributed by atoms with Gasteiger partial charge in [0.1, 0.15) is 0 Å². The Kier molecular flexibility index (Phi) is 9.31. The smallest absolute Gasteiger partial charge is 0.0927 e. The molecule has 24 heavy (non-hydrogen) atoms. The molecule has 1 nitrogen and oxygen atoms in total. The molecule has 0 aromatic heterocycles. The van der Waals surface area contributed by atoms with E-state index in [1.807, 2.05) is 0 Å². The van der Waals surface area contributed by atoms with Gasteiger partial charge in [-0.05, 0) is 31.8 Å². The number of unbranched alkanes of at least 4 members (excludes halogenated alkanes) is 2. The van der Waals surface area contributed by atoms with Crippen molar-refractivity contribution in [3.63, 3.8) is 0 Å². The van der Waals surface area contributed by atoms with Crippen molar-refractivity contribution in [3.8, 4) is 0 Å². The lowest BCUT2D eigenvalue weighted by Gasteiger charge is -2.25. The van der Waals surface area contributed by atoms with Gasteiger partial charge < -0.3 is 5.32 Å². The van der Waals surface area contributed by atoms with Crippen molar-refractivity contribution in [1.29, 1.82) is 0 Å². The SMILES string of the molecule is [B]B([B])B([B])B(B([B])[B])B1CC1CCCCNCCCCC1CC1. The summed E-state index contributed by atoms with van der Waals surface area (Å²) in [6.45, 7) is 2.81. The van der Waals surface area contributed by atoms with Crippen molar-refractivity contribution in [2.75, 3.05) is 13.1 Å². The highest BCUT2D eigenvalue weighted by molar-refractivity contribution is 8.01. The molecule has 0 amide bonds. The standard InChI is InChI=1S/C13H25B10N/c14-20(15)22(18)23(21(16)17)19-11-13(19)6-2-4-10-24-9-3-1-5-12-7-8-12/h12-13,24H,1-11H2. The number of hydrogen-bond donors (Lipinski definition) is 1. The van der Waals surface area contributed by atoms with Gasteiger partial charge in [-0.15, -0.1) is 0 Å². The Bertz CT molecular complexity index is 354. The first-order valence-corrected chi connectivity index (χ1v) is 9.99. The van der Waals surface area contributed by atoms with Crippen LogP contribution in [0.15, 0.2) is 0 Å². The highest BCUT2D eigenvalue weighted by Crippen LogP contribution is 2.43.